The summed E-state index contributed by atoms with van der Waals surface area (Å²) in [5.74, 6) is 1.25. The third-order valence-corrected chi connectivity index (χ3v) is 9.34. The maximum absolute atomic E-state index is 6.53. The average Bonchev–Trinajstić information content (AvgIpc) is 2.68. The van der Waals surface area contributed by atoms with Crippen LogP contribution in [-0.4, -0.2) is 33.8 Å². The van der Waals surface area contributed by atoms with E-state index in [2.05, 4.69) is 12.5 Å². The smallest absolute Gasteiger partial charge is 0.0506 e. The molecule has 0 heterocycles. The van der Waals surface area contributed by atoms with Gasteiger partial charge in [0.1, 0.15) is 0 Å². The van der Waals surface area contributed by atoms with Crippen LogP contribution in [0, 0.1) is 11.8 Å². The van der Waals surface area contributed by atoms with Crippen molar-refractivity contribution in [1.29, 1.82) is 0 Å². The van der Waals surface area contributed by atoms with Gasteiger partial charge in [0.05, 0.1) is 10.8 Å². The first kappa shape index (κ1) is 13.4. The van der Waals surface area contributed by atoms with E-state index in [1.165, 1.54) is 6.42 Å². The average molecular weight is 321 g/mol. The fourth-order valence-corrected chi connectivity index (χ4v) is 9.19. The minimum atomic E-state index is 0.326. The number of fused-ring (bicyclic) bond motifs is 2. The van der Waals surface area contributed by atoms with Gasteiger partial charge in [-0.1, -0.05) is 43.2 Å². The van der Waals surface area contributed by atoms with Crippen molar-refractivity contribution in [2.75, 3.05) is 12.5 Å². The van der Waals surface area contributed by atoms with Crippen molar-refractivity contribution in [1.82, 2.24) is 0 Å². The molecule has 2 saturated carbocycles. The molecule has 2 rings (SSSR count). The van der Waals surface area contributed by atoms with E-state index < -0.39 is 0 Å². The highest BCUT2D eigenvalue weighted by atomic mass is 35.5. The lowest BCUT2D eigenvalue weighted by Gasteiger charge is -2.34. The Morgan fingerprint density at radius 1 is 0.867 bits per heavy atom. The molecule has 2 aliphatic rings. The third kappa shape index (κ3) is 2.41. The first-order valence-corrected chi connectivity index (χ1v) is 11.0. The molecule has 0 aliphatic heterocycles. The predicted octanol–water partition coefficient (Wildman–Crippen LogP) is 4.61. The Morgan fingerprint density at radius 2 is 1.27 bits per heavy atom. The zero-order valence-corrected chi connectivity index (χ0v) is 13.3. The molecule has 6 atom stereocenters. The van der Waals surface area contributed by atoms with Gasteiger partial charge in [-0.15, -0.1) is 23.2 Å². The molecule has 0 amide bonds. The molecule has 2 aliphatic carbocycles. The third-order valence-electron chi connectivity index (χ3n) is 3.25. The summed E-state index contributed by atoms with van der Waals surface area (Å²) in [5.41, 5.74) is 0. The van der Waals surface area contributed by atoms with E-state index in [9.17, 15) is 0 Å². The van der Waals surface area contributed by atoms with Crippen molar-refractivity contribution in [2.24, 2.45) is 11.8 Å². The van der Waals surface area contributed by atoms with Gasteiger partial charge in [0, 0.05) is 10.5 Å². The van der Waals surface area contributed by atoms with Crippen molar-refractivity contribution in [2.45, 2.75) is 27.7 Å². The Bertz CT molecular complexity index is 206. The number of rotatable bonds is 4. The number of halogens is 2. The van der Waals surface area contributed by atoms with Gasteiger partial charge in [0.15, 0.2) is 0 Å². The highest BCUT2D eigenvalue weighted by Crippen LogP contribution is 2.59. The van der Waals surface area contributed by atoms with Crippen molar-refractivity contribution >= 4 is 66.4 Å². The van der Waals surface area contributed by atoms with Gasteiger partial charge in [-0.25, -0.2) is 0 Å². The van der Waals surface area contributed by atoms with E-state index in [-0.39, 0.29) is 0 Å². The van der Waals surface area contributed by atoms with Crippen LogP contribution in [0.15, 0.2) is 0 Å². The van der Waals surface area contributed by atoms with E-state index in [4.69, 9.17) is 23.2 Å². The summed E-state index contributed by atoms with van der Waals surface area (Å²) >= 11 is 13.1. The van der Waals surface area contributed by atoms with E-state index >= 15 is 0 Å². The topological polar surface area (TPSA) is 0 Å². The van der Waals surface area contributed by atoms with Crippen LogP contribution in [0.1, 0.15) is 6.42 Å². The fraction of sp³-hybridized carbons (Fsp3) is 1.00. The summed E-state index contributed by atoms with van der Waals surface area (Å²) in [6.45, 7) is 0. The van der Waals surface area contributed by atoms with Crippen LogP contribution in [0.25, 0.3) is 0 Å². The van der Waals surface area contributed by atoms with E-state index in [1.54, 1.807) is 0 Å². The molecule has 0 spiro atoms. The molecule has 88 valence electrons. The lowest BCUT2D eigenvalue weighted by Crippen LogP contribution is -2.39. The first-order valence-electron chi connectivity index (χ1n) is 4.87. The van der Waals surface area contributed by atoms with Crippen molar-refractivity contribution in [3.63, 3.8) is 0 Å². The quantitative estimate of drug-likeness (QED) is 0.547. The van der Waals surface area contributed by atoms with E-state index in [1.807, 2.05) is 43.2 Å². The molecule has 15 heavy (non-hydrogen) atoms. The van der Waals surface area contributed by atoms with Gasteiger partial charge < -0.3 is 0 Å². The molecule has 2 bridgehead atoms. The molecule has 6 unspecified atom stereocenters. The maximum Gasteiger partial charge on any atom is 0.0506 e. The van der Waals surface area contributed by atoms with Gasteiger partial charge in [-0.2, -0.15) is 0 Å². The number of hydrogen-bond acceptors (Lipinski definition) is 4. The number of hydrogen-bond donors (Lipinski definition) is 0. The van der Waals surface area contributed by atoms with Crippen LogP contribution in [0.2, 0.25) is 0 Å². The second-order valence-corrected chi connectivity index (χ2v) is 10.2. The zero-order valence-electron chi connectivity index (χ0n) is 8.56. The Hall–Kier alpha value is 1.98. The monoisotopic (exact) mass is 320 g/mol. The molecule has 6 heteroatoms. The fourth-order valence-electron chi connectivity index (χ4n) is 2.64. The Labute approximate surface area is 118 Å². The Kier molecular flexibility index (Phi) is 5.14. The lowest BCUT2D eigenvalue weighted by atomic mass is 9.98. The lowest BCUT2D eigenvalue weighted by molar-refractivity contribution is 0.521. The second-order valence-electron chi connectivity index (χ2n) is 3.91. The molecule has 2 fully saturated rings. The van der Waals surface area contributed by atoms with Crippen LogP contribution in [0.4, 0.5) is 0 Å². The molecule has 0 nitrogen and oxygen atoms in total. The summed E-state index contributed by atoms with van der Waals surface area (Å²) in [6.07, 6.45) is 5.48. The van der Waals surface area contributed by atoms with E-state index in [0.29, 0.717) is 33.1 Å². The minimum absolute atomic E-state index is 0.326. The standard InChI is InChI=1S/C9H14Cl2S4/c1-12-14-8-4-3-5(6(8)10)9(7(4)11)15-13-2/h4-9H,3H2,1-2H3. The summed E-state index contributed by atoms with van der Waals surface area (Å²) in [7, 11) is 7.48. The minimum Gasteiger partial charge on any atom is -0.121 e. The van der Waals surface area contributed by atoms with Gasteiger partial charge in [0.2, 0.25) is 0 Å². The summed E-state index contributed by atoms with van der Waals surface area (Å²) in [5, 5.41) is 1.78. The van der Waals surface area contributed by atoms with Crippen LogP contribution >= 0.6 is 66.4 Å². The molecular formula is C9H14Cl2S4. The summed E-state index contributed by atoms with van der Waals surface area (Å²) < 4.78 is 0. The zero-order chi connectivity index (χ0) is 11.0. The van der Waals surface area contributed by atoms with Crippen molar-refractivity contribution in [3.05, 3.63) is 0 Å². The Morgan fingerprint density at radius 3 is 1.60 bits per heavy atom. The maximum atomic E-state index is 6.53. The van der Waals surface area contributed by atoms with Gasteiger partial charge in [-0.3, -0.25) is 0 Å². The van der Waals surface area contributed by atoms with Crippen molar-refractivity contribution in [3.8, 4) is 0 Å². The summed E-state index contributed by atoms with van der Waals surface area (Å²) in [4.78, 5) is 0. The molecule has 0 aromatic carbocycles. The molecular weight excluding hydrogens is 307 g/mol. The number of alkyl halides is 2. The normalized spacial score (nSPS) is 48.8. The SMILES string of the molecule is CSSC1C(Cl)C2CC1C(Cl)C2SSC. The van der Waals surface area contributed by atoms with Crippen LogP contribution in [0.3, 0.4) is 0 Å². The van der Waals surface area contributed by atoms with Crippen LogP contribution < -0.4 is 0 Å². The molecule has 0 aromatic heterocycles. The largest absolute Gasteiger partial charge is 0.121 e. The van der Waals surface area contributed by atoms with Gasteiger partial charge in [0.25, 0.3) is 0 Å². The Balaban J connectivity index is 2.05. The van der Waals surface area contributed by atoms with Crippen LogP contribution in [-0.2, 0) is 0 Å². The second kappa shape index (κ2) is 5.75. The van der Waals surface area contributed by atoms with Gasteiger partial charge in [-0.05, 0) is 30.8 Å². The molecule has 0 aromatic rings. The van der Waals surface area contributed by atoms with Crippen molar-refractivity contribution < 1.29 is 0 Å². The van der Waals surface area contributed by atoms with Crippen LogP contribution in [0.5, 0.6) is 0 Å². The first-order chi connectivity index (χ1) is 7.20. The highest BCUT2D eigenvalue weighted by molar-refractivity contribution is 8.77. The van der Waals surface area contributed by atoms with Gasteiger partial charge >= 0.3 is 0 Å². The molecule has 0 radical (unpaired) electrons. The molecule has 0 N–H and O–H groups in total. The van der Waals surface area contributed by atoms with E-state index in [0.717, 1.165) is 0 Å². The summed E-state index contributed by atoms with van der Waals surface area (Å²) in [6, 6.07) is 0. The molecule has 0 saturated heterocycles. The predicted molar refractivity (Wildman–Crippen MR) is 80.7 cm³/mol. The highest BCUT2D eigenvalue weighted by Gasteiger charge is 2.57.